The average Bonchev–Trinajstić information content (AvgIpc) is 2.41. The highest BCUT2D eigenvalue weighted by Crippen LogP contribution is 2.26. The zero-order valence-electron chi connectivity index (χ0n) is 11.9. The number of thioether (sulfide) groups is 1. The topological polar surface area (TPSA) is 75.6 Å². The van der Waals surface area contributed by atoms with E-state index in [2.05, 4.69) is 5.32 Å². The molecule has 21 heavy (non-hydrogen) atoms. The summed E-state index contributed by atoms with van der Waals surface area (Å²) < 4.78 is 5.54. The summed E-state index contributed by atoms with van der Waals surface area (Å²) in [5.74, 6) is -0.0864. The summed E-state index contributed by atoms with van der Waals surface area (Å²) in [6, 6.07) is 5.35. The molecule has 1 rings (SSSR count). The first-order valence-electron chi connectivity index (χ1n) is 6.40. The Bertz CT molecular complexity index is 510. The maximum atomic E-state index is 11.8. The van der Waals surface area contributed by atoms with Crippen molar-refractivity contribution < 1.29 is 19.4 Å². The van der Waals surface area contributed by atoms with Crippen LogP contribution < -0.4 is 10.1 Å². The van der Waals surface area contributed by atoms with E-state index in [-0.39, 0.29) is 11.7 Å². The van der Waals surface area contributed by atoms with E-state index in [1.807, 2.05) is 13.0 Å². The monoisotopic (exact) mass is 331 g/mol. The number of aliphatic carboxylic acids is 1. The first-order chi connectivity index (χ1) is 9.90. The summed E-state index contributed by atoms with van der Waals surface area (Å²) in [4.78, 5) is 22.2. The van der Waals surface area contributed by atoms with Crippen LogP contribution in [0.2, 0.25) is 5.02 Å². The lowest BCUT2D eigenvalue weighted by Crippen LogP contribution is -2.37. The zero-order valence-corrected chi connectivity index (χ0v) is 13.5. The number of aryl methyl sites for hydroxylation is 1. The van der Waals surface area contributed by atoms with Crippen molar-refractivity contribution in [2.24, 2.45) is 0 Å². The van der Waals surface area contributed by atoms with Gasteiger partial charge in [-0.2, -0.15) is 0 Å². The lowest BCUT2D eigenvalue weighted by atomic mass is 10.2. The minimum absolute atomic E-state index is 0.0286. The van der Waals surface area contributed by atoms with Crippen molar-refractivity contribution in [3.05, 3.63) is 28.8 Å². The SMILES string of the molecule is Cc1ccc(Cl)c(OC(C)C(=O)NCCSCC(=O)O)c1. The van der Waals surface area contributed by atoms with E-state index in [1.54, 1.807) is 19.1 Å². The van der Waals surface area contributed by atoms with E-state index >= 15 is 0 Å². The Morgan fingerprint density at radius 1 is 1.48 bits per heavy atom. The molecular formula is C14H18ClNO4S. The molecule has 0 bridgehead atoms. The third-order valence-corrected chi connectivity index (χ3v) is 3.79. The average molecular weight is 332 g/mol. The number of carbonyl (C=O) groups is 2. The van der Waals surface area contributed by atoms with Crippen LogP contribution in [0, 0.1) is 6.92 Å². The minimum atomic E-state index is -0.864. The van der Waals surface area contributed by atoms with Crippen molar-refractivity contribution in [3.63, 3.8) is 0 Å². The number of hydrogen-bond acceptors (Lipinski definition) is 4. The molecule has 1 aromatic carbocycles. The molecule has 0 aromatic heterocycles. The van der Waals surface area contributed by atoms with Crippen LogP contribution >= 0.6 is 23.4 Å². The Kier molecular flexibility index (Phi) is 7.39. The van der Waals surface area contributed by atoms with E-state index in [4.69, 9.17) is 21.4 Å². The lowest BCUT2D eigenvalue weighted by Gasteiger charge is -2.16. The number of amides is 1. The second-order valence-electron chi connectivity index (χ2n) is 4.43. The molecule has 0 aliphatic carbocycles. The first kappa shape index (κ1) is 17.7. The fraction of sp³-hybridized carbons (Fsp3) is 0.429. The quantitative estimate of drug-likeness (QED) is 0.715. The molecule has 2 N–H and O–H groups in total. The smallest absolute Gasteiger partial charge is 0.313 e. The molecule has 0 fully saturated rings. The van der Waals surface area contributed by atoms with Crippen LogP contribution in [-0.2, 0) is 9.59 Å². The largest absolute Gasteiger partial charge is 0.481 e. The molecule has 1 amide bonds. The van der Waals surface area contributed by atoms with Crippen LogP contribution in [-0.4, -0.2) is 41.1 Å². The van der Waals surface area contributed by atoms with Crippen molar-refractivity contribution in [2.75, 3.05) is 18.1 Å². The van der Waals surface area contributed by atoms with Gasteiger partial charge in [0.2, 0.25) is 0 Å². The molecule has 0 spiro atoms. The summed E-state index contributed by atoms with van der Waals surface area (Å²) in [6.45, 7) is 3.94. The molecule has 0 aliphatic heterocycles. The summed E-state index contributed by atoms with van der Waals surface area (Å²) in [5.41, 5.74) is 0.993. The molecule has 5 nitrogen and oxygen atoms in total. The molecule has 1 atom stereocenters. The third kappa shape index (κ3) is 6.73. The second-order valence-corrected chi connectivity index (χ2v) is 5.94. The number of carboxylic acids is 1. The standard InChI is InChI=1S/C14H18ClNO4S/c1-9-3-4-11(15)12(7-9)20-10(2)14(19)16-5-6-21-8-13(17)18/h3-4,7,10H,5-6,8H2,1-2H3,(H,16,19)(H,17,18). The summed E-state index contributed by atoms with van der Waals surface area (Å²) in [6.07, 6.45) is -0.672. The van der Waals surface area contributed by atoms with Gasteiger partial charge in [-0.05, 0) is 31.5 Å². The second kappa shape index (κ2) is 8.79. The van der Waals surface area contributed by atoms with Gasteiger partial charge in [-0.3, -0.25) is 9.59 Å². The summed E-state index contributed by atoms with van der Waals surface area (Å²) in [5, 5.41) is 11.6. The molecule has 1 unspecified atom stereocenters. The van der Waals surface area contributed by atoms with Crippen molar-refractivity contribution >= 4 is 35.2 Å². The molecule has 0 saturated carbocycles. The maximum absolute atomic E-state index is 11.8. The van der Waals surface area contributed by atoms with Gasteiger partial charge in [0.25, 0.3) is 5.91 Å². The van der Waals surface area contributed by atoms with Crippen molar-refractivity contribution in [2.45, 2.75) is 20.0 Å². The van der Waals surface area contributed by atoms with Crippen molar-refractivity contribution in [1.29, 1.82) is 0 Å². The van der Waals surface area contributed by atoms with Crippen LogP contribution in [0.1, 0.15) is 12.5 Å². The number of nitrogens with one attached hydrogen (secondary N) is 1. The van der Waals surface area contributed by atoms with Crippen LogP contribution in [0.3, 0.4) is 0 Å². The molecule has 0 heterocycles. The molecule has 0 aliphatic rings. The maximum Gasteiger partial charge on any atom is 0.313 e. The fourth-order valence-electron chi connectivity index (χ4n) is 1.49. The Morgan fingerprint density at radius 2 is 2.19 bits per heavy atom. The van der Waals surface area contributed by atoms with Crippen LogP contribution in [0.15, 0.2) is 18.2 Å². The van der Waals surface area contributed by atoms with Gasteiger partial charge in [0, 0.05) is 12.3 Å². The molecule has 0 radical (unpaired) electrons. The summed E-state index contributed by atoms with van der Waals surface area (Å²) in [7, 11) is 0. The number of ether oxygens (including phenoxy) is 1. The number of carboxylic acid groups (broad SMARTS) is 1. The lowest BCUT2D eigenvalue weighted by molar-refractivity contribution is -0.134. The minimum Gasteiger partial charge on any atom is -0.481 e. The molecule has 7 heteroatoms. The number of hydrogen-bond donors (Lipinski definition) is 2. The van der Waals surface area contributed by atoms with Gasteiger partial charge in [0.1, 0.15) is 5.75 Å². The van der Waals surface area contributed by atoms with Crippen LogP contribution in [0.4, 0.5) is 0 Å². The Balaban J connectivity index is 2.37. The normalized spacial score (nSPS) is 11.8. The Morgan fingerprint density at radius 3 is 2.86 bits per heavy atom. The Hall–Kier alpha value is -1.40. The van der Waals surface area contributed by atoms with Crippen LogP contribution in [0.5, 0.6) is 5.75 Å². The Labute approximate surface area is 133 Å². The van der Waals surface area contributed by atoms with Gasteiger partial charge in [0.15, 0.2) is 6.10 Å². The number of benzene rings is 1. The predicted octanol–water partition coefficient (Wildman–Crippen LogP) is 2.35. The van der Waals surface area contributed by atoms with Gasteiger partial charge in [-0.15, -0.1) is 11.8 Å². The molecule has 1 aromatic rings. The van der Waals surface area contributed by atoms with Gasteiger partial charge >= 0.3 is 5.97 Å². The highest BCUT2D eigenvalue weighted by molar-refractivity contribution is 7.99. The highest BCUT2D eigenvalue weighted by atomic mass is 35.5. The van der Waals surface area contributed by atoms with Crippen molar-refractivity contribution in [3.8, 4) is 5.75 Å². The van der Waals surface area contributed by atoms with E-state index in [1.165, 1.54) is 11.8 Å². The van der Waals surface area contributed by atoms with Gasteiger partial charge in [-0.25, -0.2) is 0 Å². The van der Waals surface area contributed by atoms with E-state index in [0.29, 0.717) is 23.1 Å². The van der Waals surface area contributed by atoms with Gasteiger partial charge in [-0.1, -0.05) is 17.7 Å². The highest BCUT2D eigenvalue weighted by Gasteiger charge is 2.15. The van der Waals surface area contributed by atoms with Gasteiger partial charge in [0.05, 0.1) is 10.8 Å². The van der Waals surface area contributed by atoms with Crippen molar-refractivity contribution in [1.82, 2.24) is 5.32 Å². The molecular weight excluding hydrogens is 314 g/mol. The number of halogens is 1. The van der Waals surface area contributed by atoms with E-state index in [9.17, 15) is 9.59 Å². The summed E-state index contributed by atoms with van der Waals surface area (Å²) >= 11 is 7.25. The molecule has 0 saturated heterocycles. The first-order valence-corrected chi connectivity index (χ1v) is 7.93. The zero-order chi connectivity index (χ0) is 15.8. The van der Waals surface area contributed by atoms with E-state index in [0.717, 1.165) is 5.56 Å². The number of carbonyl (C=O) groups excluding carboxylic acids is 1. The van der Waals surface area contributed by atoms with Crippen LogP contribution in [0.25, 0.3) is 0 Å². The van der Waals surface area contributed by atoms with Gasteiger partial charge < -0.3 is 15.2 Å². The molecule has 116 valence electrons. The predicted molar refractivity (Wildman–Crippen MR) is 84.2 cm³/mol. The fourth-order valence-corrected chi connectivity index (χ4v) is 2.22. The third-order valence-electron chi connectivity index (χ3n) is 2.53. The number of rotatable bonds is 8. The van der Waals surface area contributed by atoms with E-state index < -0.39 is 12.1 Å².